The lowest BCUT2D eigenvalue weighted by Crippen LogP contribution is -2.20. The van der Waals surface area contributed by atoms with Crippen molar-refractivity contribution in [1.29, 1.82) is 0 Å². The van der Waals surface area contributed by atoms with Crippen molar-refractivity contribution in [2.24, 2.45) is 5.92 Å². The molecule has 1 aliphatic rings. The first kappa shape index (κ1) is 14.3. The van der Waals surface area contributed by atoms with Crippen molar-refractivity contribution in [1.82, 2.24) is 5.32 Å². The SMILES string of the molecule is CC(C)CNCC/C=C/c1ccc(C2CCC2)cc1. The van der Waals surface area contributed by atoms with Crippen LogP contribution in [-0.4, -0.2) is 13.1 Å². The lowest BCUT2D eigenvalue weighted by molar-refractivity contribution is 0.420. The van der Waals surface area contributed by atoms with E-state index in [1.165, 1.54) is 30.4 Å². The number of benzene rings is 1. The lowest BCUT2D eigenvalue weighted by atomic mass is 9.80. The third-order valence-electron chi connectivity index (χ3n) is 3.86. The zero-order valence-corrected chi connectivity index (χ0v) is 12.4. The van der Waals surface area contributed by atoms with Gasteiger partial charge in [-0.15, -0.1) is 0 Å². The molecular formula is C18H27N. The van der Waals surface area contributed by atoms with E-state index in [0.29, 0.717) is 0 Å². The van der Waals surface area contributed by atoms with Crippen LogP contribution in [0.25, 0.3) is 6.08 Å². The predicted octanol–water partition coefficient (Wildman–Crippen LogP) is 4.60. The third-order valence-corrected chi connectivity index (χ3v) is 3.86. The lowest BCUT2D eigenvalue weighted by Gasteiger charge is -2.25. The molecule has 1 aromatic rings. The Morgan fingerprint density at radius 2 is 1.95 bits per heavy atom. The fraction of sp³-hybridized carbons (Fsp3) is 0.556. The van der Waals surface area contributed by atoms with E-state index in [4.69, 9.17) is 0 Å². The maximum atomic E-state index is 3.46. The van der Waals surface area contributed by atoms with Gasteiger partial charge >= 0.3 is 0 Å². The Kier molecular flexibility index (Phi) is 5.65. The van der Waals surface area contributed by atoms with Gasteiger partial charge in [-0.1, -0.05) is 56.7 Å². The summed E-state index contributed by atoms with van der Waals surface area (Å²) in [4.78, 5) is 0. The topological polar surface area (TPSA) is 12.0 Å². The summed E-state index contributed by atoms with van der Waals surface area (Å²) >= 11 is 0. The molecule has 19 heavy (non-hydrogen) atoms. The highest BCUT2D eigenvalue weighted by atomic mass is 14.8. The van der Waals surface area contributed by atoms with E-state index in [0.717, 1.165) is 31.3 Å². The van der Waals surface area contributed by atoms with E-state index in [-0.39, 0.29) is 0 Å². The molecule has 0 heterocycles. The van der Waals surface area contributed by atoms with Gasteiger partial charge in [-0.2, -0.15) is 0 Å². The first-order valence-corrected chi connectivity index (χ1v) is 7.73. The van der Waals surface area contributed by atoms with Gasteiger partial charge in [-0.25, -0.2) is 0 Å². The van der Waals surface area contributed by atoms with Crippen LogP contribution in [0.2, 0.25) is 0 Å². The van der Waals surface area contributed by atoms with Crippen LogP contribution >= 0.6 is 0 Å². The quantitative estimate of drug-likeness (QED) is 0.704. The first-order chi connectivity index (χ1) is 9.25. The molecule has 0 aromatic heterocycles. The van der Waals surface area contributed by atoms with E-state index in [1.807, 2.05) is 0 Å². The molecule has 1 N–H and O–H groups in total. The second-order valence-corrected chi connectivity index (χ2v) is 6.08. The molecule has 0 amide bonds. The predicted molar refractivity (Wildman–Crippen MR) is 84.4 cm³/mol. The van der Waals surface area contributed by atoms with Crippen molar-refractivity contribution < 1.29 is 0 Å². The van der Waals surface area contributed by atoms with Crippen LogP contribution in [0.4, 0.5) is 0 Å². The van der Waals surface area contributed by atoms with Crippen LogP contribution < -0.4 is 5.32 Å². The molecule has 1 heteroatoms. The molecule has 1 nitrogen and oxygen atoms in total. The molecule has 0 spiro atoms. The number of rotatable bonds is 7. The summed E-state index contributed by atoms with van der Waals surface area (Å²) in [5, 5.41) is 3.46. The van der Waals surface area contributed by atoms with Crippen LogP contribution in [0.5, 0.6) is 0 Å². The summed E-state index contributed by atoms with van der Waals surface area (Å²) in [5.74, 6) is 1.58. The largest absolute Gasteiger partial charge is 0.316 e. The zero-order valence-electron chi connectivity index (χ0n) is 12.4. The number of hydrogen-bond acceptors (Lipinski definition) is 1. The van der Waals surface area contributed by atoms with E-state index >= 15 is 0 Å². The van der Waals surface area contributed by atoms with E-state index in [1.54, 1.807) is 0 Å². The molecule has 0 radical (unpaired) electrons. The summed E-state index contributed by atoms with van der Waals surface area (Å²) < 4.78 is 0. The second kappa shape index (κ2) is 7.49. The molecule has 1 fully saturated rings. The molecule has 2 rings (SSSR count). The zero-order chi connectivity index (χ0) is 13.5. The van der Waals surface area contributed by atoms with Gasteiger partial charge in [0.2, 0.25) is 0 Å². The molecule has 0 unspecified atom stereocenters. The van der Waals surface area contributed by atoms with Gasteiger partial charge in [0.05, 0.1) is 0 Å². The fourth-order valence-electron chi connectivity index (χ4n) is 2.42. The molecule has 1 aliphatic carbocycles. The summed E-state index contributed by atoms with van der Waals surface area (Å²) in [6, 6.07) is 9.12. The molecule has 1 saturated carbocycles. The third kappa shape index (κ3) is 4.83. The van der Waals surface area contributed by atoms with Crippen molar-refractivity contribution in [3.05, 3.63) is 41.5 Å². The smallest absolute Gasteiger partial charge is 0.00140 e. The Hall–Kier alpha value is -1.08. The molecular weight excluding hydrogens is 230 g/mol. The Bertz CT molecular complexity index is 385. The summed E-state index contributed by atoms with van der Waals surface area (Å²) in [6.45, 7) is 6.68. The molecule has 0 atom stereocenters. The maximum Gasteiger partial charge on any atom is -0.00140 e. The van der Waals surface area contributed by atoms with E-state index in [9.17, 15) is 0 Å². The van der Waals surface area contributed by atoms with Crippen molar-refractivity contribution >= 4 is 6.08 Å². The first-order valence-electron chi connectivity index (χ1n) is 7.73. The van der Waals surface area contributed by atoms with Gasteiger partial charge in [0.15, 0.2) is 0 Å². The molecule has 0 bridgehead atoms. The maximum absolute atomic E-state index is 3.46. The average Bonchev–Trinajstić information content (AvgIpc) is 2.33. The van der Waals surface area contributed by atoms with Gasteiger partial charge in [0.25, 0.3) is 0 Å². The summed E-state index contributed by atoms with van der Waals surface area (Å²) in [7, 11) is 0. The van der Waals surface area contributed by atoms with Crippen LogP contribution in [0.3, 0.4) is 0 Å². The van der Waals surface area contributed by atoms with Crippen LogP contribution in [-0.2, 0) is 0 Å². The minimum atomic E-state index is 0.739. The molecule has 0 saturated heterocycles. The monoisotopic (exact) mass is 257 g/mol. The van der Waals surface area contributed by atoms with Crippen LogP contribution in [0, 0.1) is 5.92 Å². The minimum absolute atomic E-state index is 0.739. The molecule has 1 aromatic carbocycles. The Labute approximate surface area is 118 Å². The van der Waals surface area contributed by atoms with Crippen molar-refractivity contribution in [2.45, 2.75) is 45.4 Å². The average molecular weight is 257 g/mol. The number of hydrogen-bond donors (Lipinski definition) is 1. The minimum Gasteiger partial charge on any atom is -0.316 e. The Balaban J connectivity index is 1.70. The standard InChI is InChI=1S/C18H27N/c1-15(2)14-19-13-4-3-6-16-9-11-18(12-10-16)17-7-5-8-17/h3,6,9-12,15,17,19H,4-5,7-8,13-14H2,1-2H3/b6-3+. The fourth-order valence-corrected chi connectivity index (χ4v) is 2.42. The molecule has 0 aliphatic heterocycles. The van der Waals surface area contributed by atoms with Crippen molar-refractivity contribution in [2.75, 3.05) is 13.1 Å². The highest BCUT2D eigenvalue weighted by molar-refractivity contribution is 5.50. The van der Waals surface area contributed by atoms with Crippen molar-refractivity contribution in [3.8, 4) is 0 Å². The summed E-state index contributed by atoms with van der Waals surface area (Å²) in [6.07, 6.45) is 9.80. The van der Waals surface area contributed by atoms with Gasteiger partial charge in [-0.05, 0) is 55.3 Å². The van der Waals surface area contributed by atoms with Gasteiger partial charge in [-0.3, -0.25) is 0 Å². The van der Waals surface area contributed by atoms with Gasteiger partial charge in [0, 0.05) is 0 Å². The molecule has 104 valence electrons. The highest BCUT2D eigenvalue weighted by Crippen LogP contribution is 2.36. The summed E-state index contributed by atoms with van der Waals surface area (Å²) in [5.41, 5.74) is 2.86. The van der Waals surface area contributed by atoms with E-state index in [2.05, 4.69) is 55.6 Å². The normalized spacial score (nSPS) is 16.2. The second-order valence-electron chi connectivity index (χ2n) is 6.08. The van der Waals surface area contributed by atoms with Gasteiger partial charge < -0.3 is 5.32 Å². The Morgan fingerprint density at radius 1 is 1.21 bits per heavy atom. The highest BCUT2D eigenvalue weighted by Gasteiger charge is 2.18. The van der Waals surface area contributed by atoms with E-state index < -0.39 is 0 Å². The van der Waals surface area contributed by atoms with Crippen LogP contribution in [0.1, 0.15) is 56.6 Å². The van der Waals surface area contributed by atoms with Crippen LogP contribution in [0.15, 0.2) is 30.3 Å². The Morgan fingerprint density at radius 3 is 2.53 bits per heavy atom. The number of nitrogens with one attached hydrogen (secondary N) is 1. The van der Waals surface area contributed by atoms with Crippen molar-refractivity contribution in [3.63, 3.8) is 0 Å². The van der Waals surface area contributed by atoms with Gasteiger partial charge in [0.1, 0.15) is 0 Å².